The lowest BCUT2D eigenvalue weighted by atomic mass is 9.44. The van der Waals surface area contributed by atoms with E-state index in [0.717, 1.165) is 12.0 Å². The number of rotatable bonds is 2. The number of fused-ring (bicyclic) bond motifs is 5. The first-order valence-corrected chi connectivity index (χ1v) is 10.6. The normalized spacial score (nSPS) is 50.5. The number of ketones is 3. The predicted octanol–water partition coefficient (Wildman–Crippen LogP) is 2.48. The molecule has 28 heavy (non-hydrogen) atoms. The summed E-state index contributed by atoms with van der Waals surface area (Å²) in [5.74, 6) is -0.372. The lowest BCUT2D eigenvalue weighted by molar-refractivity contribution is -0.175. The van der Waals surface area contributed by atoms with Gasteiger partial charge < -0.3 is 10.2 Å². The molecule has 0 amide bonds. The first-order valence-electron chi connectivity index (χ1n) is 10.6. The van der Waals surface area contributed by atoms with E-state index < -0.39 is 23.4 Å². The molecule has 3 fully saturated rings. The Morgan fingerprint density at radius 1 is 1.21 bits per heavy atom. The Labute approximate surface area is 166 Å². The molecule has 4 aliphatic rings. The number of hydrogen-bond donors (Lipinski definition) is 2. The second kappa shape index (κ2) is 6.09. The van der Waals surface area contributed by atoms with Gasteiger partial charge in [0.25, 0.3) is 0 Å². The molecule has 154 valence electrons. The van der Waals surface area contributed by atoms with Crippen molar-refractivity contribution in [2.45, 2.75) is 65.4 Å². The van der Waals surface area contributed by atoms with Crippen molar-refractivity contribution >= 4 is 17.3 Å². The molecule has 0 spiro atoms. The van der Waals surface area contributed by atoms with Gasteiger partial charge >= 0.3 is 0 Å². The highest BCUT2D eigenvalue weighted by atomic mass is 16.3. The third-order valence-electron chi connectivity index (χ3n) is 9.12. The van der Waals surface area contributed by atoms with E-state index in [1.54, 1.807) is 6.08 Å². The molecule has 0 aromatic rings. The molecule has 0 radical (unpaired) electrons. The lowest BCUT2D eigenvalue weighted by Crippen LogP contribution is -2.62. The second-order valence-corrected chi connectivity index (χ2v) is 10.4. The van der Waals surface area contributed by atoms with Crippen molar-refractivity contribution in [1.29, 1.82) is 0 Å². The fraction of sp³-hybridized carbons (Fsp3) is 0.783. The molecular weight excluding hydrogens is 356 g/mol. The summed E-state index contributed by atoms with van der Waals surface area (Å²) in [7, 11) is 0. The number of carbonyl (C=O) groups excluding carboxylic acids is 3. The maximum atomic E-state index is 13.5. The maximum absolute atomic E-state index is 13.5. The zero-order valence-electron chi connectivity index (χ0n) is 17.3. The molecule has 5 heteroatoms. The van der Waals surface area contributed by atoms with Crippen molar-refractivity contribution in [3.63, 3.8) is 0 Å². The van der Waals surface area contributed by atoms with E-state index in [1.807, 2.05) is 13.8 Å². The molecule has 0 saturated heterocycles. The van der Waals surface area contributed by atoms with E-state index in [-0.39, 0.29) is 53.0 Å². The van der Waals surface area contributed by atoms with Gasteiger partial charge in [-0.05, 0) is 54.4 Å². The van der Waals surface area contributed by atoms with Crippen molar-refractivity contribution < 1.29 is 24.6 Å². The molecular formula is C23H32O5. The van der Waals surface area contributed by atoms with E-state index in [2.05, 4.69) is 13.8 Å². The fourth-order valence-electron chi connectivity index (χ4n) is 7.87. The standard InChI is InChI=1S/C23H32O5/c1-12-7-15-17-8-13(2)23(28,19(27)11-24)22(17,4)10-18(26)20(15)21(3)6-5-14(25)9-16(12)21/h9,12-13,15,17,20,24,28H,5-8,10-11H2,1-4H3/t12-,13-,15-,17-,20+,21-,22-,23-/m0/s1. The Kier molecular flexibility index (Phi) is 4.34. The zero-order chi connectivity index (χ0) is 20.6. The largest absolute Gasteiger partial charge is 0.388 e. The maximum Gasteiger partial charge on any atom is 0.190 e. The molecule has 0 bridgehead atoms. The fourth-order valence-corrected chi connectivity index (χ4v) is 7.87. The Morgan fingerprint density at radius 3 is 2.54 bits per heavy atom. The molecule has 0 aliphatic heterocycles. The monoisotopic (exact) mass is 388 g/mol. The van der Waals surface area contributed by atoms with Gasteiger partial charge in [-0.2, -0.15) is 0 Å². The minimum Gasteiger partial charge on any atom is -0.388 e. The molecule has 0 heterocycles. The highest BCUT2D eigenvalue weighted by Crippen LogP contribution is 2.68. The third-order valence-corrected chi connectivity index (χ3v) is 9.12. The lowest BCUT2D eigenvalue weighted by Gasteiger charge is -2.59. The summed E-state index contributed by atoms with van der Waals surface area (Å²) in [6.07, 6.45) is 4.63. The van der Waals surface area contributed by atoms with Crippen LogP contribution in [-0.4, -0.2) is 39.8 Å². The Balaban J connectivity index is 1.81. The predicted molar refractivity (Wildman–Crippen MR) is 103 cm³/mol. The van der Waals surface area contributed by atoms with Crippen LogP contribution in [0.2, 0.25) is 0 Å². The van der Waals surface area contributed by atoms with Gasteiger partial charge in [-0.15, -0.1) is 0 Å². The van der Waals surface area contributed by atoms with Crippen molar-refractivity contribution in [2.24, 2.45) is 40.4 Å². The first kappa shape index (κ1) is 20.0. The van der Waals surface area contributed by atoms with Crippen molar-refractivity contribution in [1.82, 2.24) is 0 Å². The van der Waals surface area contributed by atoms with Crippen LogP contribution in [0.4, 0.5) is 0 Å². The minimum atomic E-state index is -1.66. The molecule has 4 aliphatic carbocycles. The van der Waals surface area contributed by atoms with E-state index in [9.17, 15) is 24.6 Å². The van der Waals surface area contributed by atoms with Crippen LogP contribution < -0.4 is 0 Å². The summed E-state index contributed by atoms with van der Waals surface area (Å²) in [6, 6.07) is 0. The van der Waals surface area contributed by atoms with Crippen LogP contribution in [0.25, 0.3) is 0 Å². The Bertz CT molecular complexity index is 784. The third kappa shape index (κ3) is 2.23. The average molecular weight is 389 g/mol. The molecule has 4 rings (SSSR count). The molecule has 0 aromatic carbocycles. The Morgan fingerprint density at radius 2 is 1.89 bits per heavy atom. The van der Waals surface area contributed by atoms with Gasteiger partial charge in [0.15, 0.2) is 11.6 Å². The molecule has 0 unspecified atom stereocenters. The first-order chi connectivity index (χ1) is 13.0. The van der Waals surface area contributed by atoms with Gasteiger partial charge in [-0.1, -0.05) is 33.3 Å². The van der Waals surface area contributed by atoms with E-state index in [0.29, 0.717) is 19.3 Å². The van der Waals surface area contributed by atoms with Crippen LogP contribution in [0.3, 0.4) is 0 Å². The summed E-state index contributed by atoms with van der Waals surface area (Å²) in [4.78, 5) is 38.2. The average Bonchev–Trinajstić information content (AvgIpc) is 2.83. The van der Waals surface area contributed by atoms with Gasteiger partial charge in [-0.3, -0.25) is 14.4 Å². The van der Waals surface area contributed by atoms with E-state index in [4.69, 9.17) is 0 Å². The van der Waals surface area contributed by atoms with Crippen LogP contribution in [-0.2, 0) is 14.4 Å². The number of aliphatic hydroxyl groups excluding tert-OH is 1. The van der Waals surface area contributed by atoms with Gasteiger partial charge in [0.1, 0.15) is 18.0 Å². The van der Waals surface area contributed by atoms with Gasteiger partial charge in [-0.25, -0.2) is 0 Å². The van der Waals surface area contributed by atoms with Crippen LogP contribution in [0.5, 0.6) is 0 Å². The van der Waals surface area contributed by atoms with Crippen LogP contribution in [0.15, 0.2) is 11.6 Å². The van der Waals surface area contributed by atoms with Crippen molar-refractivity contribution in [3.05, 3.63) is 11.6 Å². The summed E-state index contributed by atoms with van der Waals surface area (Å²) >= 11 is 0. The molecule has 2 N–H and O–H groups in total. The number of Topliss-reactive ketones (excluding diaryl/α,β-unsaturated/α-hetero) is 2. The van der Waals surface area contributed by atoms with E-state index in [1.165, 1.54) is 0 Å². The molecule has 8 atom stereocenters. The van der Waals surface area contributed by atoms with Crippen LogP contribution in [0, 0.1) is 40.4 Å². The minimum absolute atomic E-state index is 0.0594. The number of aliphatic hydroxyl groups is 2. The van der Waals surface area contributed by atoms with Crippen LogP contribution in [0.1, 0.15) is 59.8 Å². The van der Waals surface area contributed by atoms with Crippen molar-refractivity contribution in [3.8, 4) is 0 Å². The highest BCUT2D eigenvalue weighted by molar-refractivity contribution is 5.94. The van der Waals surface area contributed by atoms with Crippen molar-refractivity contribution in [2.75, 3.05) is 6.61 Å². The topological polar surface area (TPSA) is 91.7 Å². The number of allylic oxidation sites excluding steroid dienone is 1. The summed E-state index contributed by atoms with van der Waals surface area (Å²) in [6.45, 7) is 7.33. The SMILES string of the molecule is C[C@H]1C[C@@H]2[C@H](C(=O)C[C@@]3(C)[C@H]2C[C@H](C)[C@]3(O)C(=O)CO)[C@@]2(C)CCC(=O)C=C12. The van der Waals surface area contributed by atoms with E-state index >= 15 is 0 Å². The summed E-state index contributed by atoms with van der Waals surface area (Å²) in [5, 5.41) is 21.0. The molecule has 3 saturated carbocycles. The number of carbonyl (C=O) groups is 3. The highest BCUT2D eigenvalue weighted by Gasteiger charge is 2.71. The van der Waals surface area contributed by atoms with Gasteiger partial charge in [0.2, 0.25) is 0 Å². The smallest absolute Gasteiger partial charge is 0.190 e. The quantitative estimate of drug-likeness (QED) is 0.758. The summed E-state index contributed by atoms with van der Waals surface area (Å²) in [5.41, 5.74) is -1.68. The Hall–Kier alpha value is -1.33. The summed E-state index contributed by atoms with van der Waals surface area (Å²) < 4.78 is 0. The zero-order valence-corrected chi connectivity index (χ0v) is 17.3. The molecule has 5 nitrogen and oxygen atoms in total. The van der Waals surface area contributed by atoms with Gasteiger partial charge in [0.05, 0.1) is 0 Å². The number of hydrogen-bond acceptors (Lipinski definition) is 5. The van der Waals surface area contributed by atoms with Gasteiger partial charge in [0, 0.05) is 24.2 Å². The van der Waals surface area contributed by atoms with Crippen LogP contribution >= 0.6 is 0 Å². The second-order valence-electron chi connectivity index (χ2n) is 10.4. The molecule has 0 aromatic heterocycles.